The highest BCUT2D eigenvalue weighted by Crippen LogP contribution is 2.27. The smallest absolute Gasteiger partial charge is 0.354 e. The highest BCUT2D eigenvalue weighted by Gasteiger charge is 2.21. The Labute approximate surface area is 114 Å². The van der Waals surface area contributed by atoms with Crippen LogP contribution in [0.1, 0.15) is 11.4 Å². The van der Waals surface area contributed by atoms with Crippen LogP contribution in [0.25, 0.3) is 12.2 Å². The van der Waals surface area contributed by atoms with E-state index >= 15 is 0 Å². The molecule has 0 saturated carbocycles. The SMILES string of the molecule is NNc1nc(C=Cc2ccccc2)nc(N)c1[N+](=O)[O-]. The summed E-state index contributed by atoms with van der Waals surface area (Å²) < 4.78 is 0. The van der Waals surface area contributed by atoms with Gasteiger partial charge in [0.05, 0.1) is 4.92 Å². The minimum atomic E-state index is -0.685. The number of hydrazine groups is 1. The number of nitrogens with zero attached hydrogens (tertiary/aromatic N) is 3. The second-order valence-electron chi connectivity index (χ2n) is 3.81. The fourth-order valence-corrected chi connectivity index (χ4v) is 1.58. The quantitative estimate of drug-likeness (QED) is 0.435. The van der Waals surface area contributed by atoms with Crippen molar-refractivity contribution in [2.75, 3.05) is 11.2 Å². The van der Waals surface area contributed by atoms with Crippen molar-refractivity contribution < 1.29 is 4.92 Å². The fourth-order valence-electron chi connectivity index (χ4n) is 1.58. The lowest BCUT2D eigenvalue weighted by Crippen LogP contribution is -2.14. The van der Waals surface area contributed by atoms with Crippen LogP contribution in [0.2, 0.25) is 0 Å². The van der Waals surface area contributed by atoms with E-state index in [0.717, 1.165) is 5.56 Å². The number of nitrogens with two attached hydrogens (primary N) is 2. The van der Waals surface area contributed by atoms with Gasteiger partial charge in [0.2, 0.25) is 11.6 Å². The Kier molecular flexibility index (Phi) is 3.87. The summed E-state index contributed by atoms with van der Waals surface area (Å²) in [5.74, 6) is 5.06. The van der Waals surface area contributed by atoms with Gasteiger partial charge >= 0.3 is 5.69 Å². The molecule has 0 radical (unpaired) electrons. The van der Waals surface area contributed by atoms with Gasteiger partial charge in [0.15, 0.2) is 5.82 Å². The fraction of sp³-hybridized carbons (Fsp3) is 0. The molecule has 8 nitrogen and oxygen atoms in total. The number of rotatable bonds is 4. The van der Waals surface area contributed by atoms with E-state index in [-0.39, 0.29) is 17.5 Å². The number of nitro groups is 1. The summed E-state index contributed by atoms with van der Waals surface area (Å²) in [5, 5.41) is 10.8. The van der Waals surface area contributed by atoms with Gasteiger partial charge in [-0.2, -0.15) is 0 Å². The molecule has 0 aliphatic carbocycles. The van der Waals surface area contributed by atoms with Crippen LogP contribution in [0.15, 0.2) is 30.3 Å². The number of aromatic nitrogens is 2. The number of hydrogen-bond acceptors (Lipinski definition) is 7. The molecule has 102 valence electrons. The number of benzene rings is 1. The van der Waals surface area contributed by atoms with Crippen LogP contribution in [-0.4, -0.2) is 14.9 Å². The van der Waals surface area contributed by atoms with Crippen molar-refractivity contribution in [2.24, 2.45) is 5.84 Å². The monoisotopic (exact) mass is 272 g/mol. The molecular weight excluding hydrogens is 260 g/mol. The molecule has 0 saturated heterocycles. The molecule has 0 bridgehead atoms. The Balaban J connectivity index is 2.37. The third kappa shape index (κ3) is 2.87. The predicted octanol–water partition coefficient (Wildman–Crippen LogP) is 1.42. The van der Waals surface area contributed by atoms with E-state index in [1.165, 1.54) is 0 Å². The molecule has 2 aromatic rings. The average Bonchev–Trinajstić information content (AvgIpc) is 2.45. The van der Waals surface area contributed by atoms with Crippen LogP contribution in [0.5, 0.6) is 0 Å². The molecule has 1 aromatic heterocycles. The Bertz CT molecular complexity index is 656. The Morgan fingerprint density at radius 1 is 1.20 bits per heavy atom. The van der Waals surface area contributed by atoms with E-state index in [1.54, 1.807) is 12.2 Å². The summed E-state index contributed by atoms with van der Waals surface area (Å²) in [6.07, 6.45) is 3.36. The first kappa shape index (κ1) is 13.4. The van der Waals surface area contributed by atoms with Crippen LogP contribution in [-0.2, 0) is 0 Å². The lowest BCUT2D eigenvalue weighted by atomic mass is 10.2. The van der Waals surface area contributed by atoms with Crippen molar-refractivity contribution in [3.8, 4) is 0 Å². The van der Waals surface area contributed by atoms with Crippen molar-refractivity contribution in [3.63, 3.8) is 0 Å². The zero-order valence-corrected chi connectivity index (χ0v) is 10.4. The average molecular weight is 272 g/mol. The van der Waals surface area contributed by atoms with E-state index in [0.29, 0.717) is 0 Å². The van der Waals surface area contributed by atoms with E-state index in [9.17, 15) is 10.1 Å². The van der Waals surface area contributed by atoms with E-state index in [2.05, 4.69) is 15.4 Å². The van der Waals surface area contributed by atoms with Crippen LogP contribution < -0.4 is 17.0 Å². The summed E-state index contributed by atoms with van der Waals surface area (Å²) >= 11 is 0. The van der Waals surface area contributed by atoms with Gasteiger partial charge < -0.3 is 11.2 Å². The van der Waals surface area contributed by atoms with Crippen molar-refractivity contribution in [1.82, 2.24) is 9.97 Å². The molecule has 0 amide bonds. The third-order valence-electron chi connectivity index (χ3n) is 2.47. The lowest BCUT2D eigenvalue weighted by Gasteiger charge is -2.04. The van der Waals surface area contributed by atoms with E-state index in [1.807, 2.05) is 30.3 Å². The molecule has 0 spiro atoms. The van der Waals surface area contributed by atoms with Gasteiger partial charge in [-0.3, -0.25) is 10.1 Å². The van der Waals surface area contributed by atoms with Gasteiger partial charge in [-0.05, 0) is 11.6 Å². The van der Waals surface area contributed by atoms with Crippen LogP contribution >= 0.6 is 0 Å². The predicted molar refractivity (Wildman–Crippen MR) is 76.3 cm³/mol. The molecular formula is C12H12N6O2. The standard InChI is InChI=1S/C12H12N6O2/c13-11-10(18(19)20)12(17-14)16-9(15-11)7-6-8-4-2-1-3-5-8/h1-7H,14H2,(H3,13,15,16,17). The zero-order chi connectivity index (χ0) is 14.5. The normalized spacial score (nSPS) is 10.7. The number of hydrogen-bond donors (Lipinski definition) is 3. The highest BCUT2D eigenvalue weighted by atomic mass is 16.6. The van der Waals surface area contributed by atoms with Gasteiger partial charge in [0.25, 0.3) is 0 Å². The molecule has 1 heterocycles. The molecule has 0 aliphatic heterocycles. The lowest BCUT2D eigenvalue weighted by molar-refractivity contribution is -0.383. The summed E-state index contributed by atoms with van der Waals surface area (Å²) in [7, 11) is 0. The molecule has 0 unspecified atom stereocenters. The van der Waals surface area contributed by atoms with Crippen molar-refractivity contribution in [2.45, 2.75) is 0 Å². The van der Waals surface area contributed by atoms with E-state index in [4.69, 9.17) is 11.6 Å². The van der Waals surface area contributed by atoms with Crippen LogP contribution in [0.3, 0.4) is 0 Å². The first-order valence-corrected chi connectivity index (χ1v) is 5.63. The first-order valence-electron chi connectivity index (χ1n) is 5.63. The summed E-state index contributed by atoms with van der Waals surface area (Å²) in [6, 6.07) is 9.46. The van der Waals surface area contributed by atoms with Gasteiger partial charge in [-0.25, -0.2) is 15.8 Å². The second-order valence-corrected chi connectivity index (χ2v) is 3.81. The summed E-state index contributed by atoms with van der Waals surface area (Å²) in [4.78, 5) is 17.9. The molecule has 0 aliphatic rings. The maximum absolute atomic E-state index is 10.8. The van der Waals surface area contributed by atoms with Crippen molar-refractivity contribution in [1.29, 1.82) is 0 Å². The Morgan fingerprint density at radius 3 is 2.50 bits per heavy atom. The topological polar surface area (TPSA) is 133 Å². The van der Waals surface area contributed by atoms with Crippen molar-refractivity contribution in [3.05, 3.63) is 51.8 Å². The van der Waals surface area contributed by atoms with Gasteiger partial charge in [-0.1, -0.05) is 36.4 Å². The number of nitrogens with one attached hydrogen (secondary N) is 1. The first-order chi connectivity index (χ1) is 9.61. The summed E-state index contributed by atoms with van der Waals surface area (Å²) in [5.41, 5.74) is 8.19. The second kappa shape index (κ2) is 5.76. The minimum absolute atomic E-state index is 0.129. The Morgan fingerprint density at radius 2 is 1.90 bits per heavy atom. The largest absolute Gasteiger partial charge is 0.378 e. The molecule has 20 heavy (non-hydrogen) atoms. The van der Waals surface area contributed by atoms with Gasteiger partial charge in [-0.15, -0.1) is 0 Å². The highest BCUT2D eigenvalue weighted by molar-refractivity contribution is 5.72. The molecule has 2 rings (SSSR count). The Hall–Kier alpha value is -3.00. The third-order valence-corrected chi connectivity index (χ3v) is 2.47. The minimum Gasteiger partial charge on any atom is -0.378 e. The van der Waals surface area contributed by atoms with E-state index < -0.39 is 10.6 Å². The molecule has 0 fully saturated rings. The van der Waals surface area contributed by atoms with Crippen LogP contribution in [0, 0.1) is 10.1 Å². The zero-order valence-electron chi connectivity index (χ0n) is 10.4. The van der Waals surface area contributed by atoms with Gasteiger partial charge in [0, 0.05) is 0 Å². The molecule has 8 heteroatoms. The van der Waals surface area contributed by atoms with Gasteiger partial charge in [0.1, 0.15) is 0 Å². The van der Waals surface area contributed by atoms with Crippen molar-refractivity contribution >= 4 is 29.5 Å². The number of anilines is 2. The maximum atomic E-state index is 10.8. The van der Waals surface area contributed by atoms with Crippen LogP contribution in [0.4, 0.5) is 17.3 Å². The number of nitrogen functional groups attached to an aromatic ring is 2. The molecule has 5 N–H and O–H groups in total. The maximum Gasteiger partial charge on any atom is 0.354 e. The molecule has 1 aromatic carbocycles. The summed E-state index contributed by atoms with van der Waals surface area (Å²) in [6.45, 7) is 0. The molecule has 0 atom stereocenters.